The number of nitrogens with one attached hydrogen (secondary N) is 1. The highest BCUT2D eigenvalue weighted by atomic mass is 16.7. The van der Waals surface area contributed by atoms with Crippen molar-refractivity contribution in [3.05, 3.63) is 35.4 Å². The summed E-state index contributed by atoms with van der Waals surface area (Å²) >= 11 is 0. The van der Waals surface area contributed by atoms with Crippen LogP contribution in [-0.2, 0) is 9.63 Å². The van der Waals surface area contributed by atoms with Crippen LogP contribution in [0.25, 0.3) is 0 Å². The van der Waals surface area contributed by atoms with Crippen LogP contribution in [0.1, 0.15) is 20.7 Å². The molecule has 6 heteroatoms. The lowest BCUT2D eigenvalue weighted by Crippen LogP contribution is -2.18. The van der Waals surface area contributed by atoms with Crippen LogP contribution in [-0.4, -0.2) is 23.5 Å². The van der Waals surface area contributed by atoms with E-state index in [2.05, 4.69) is 4.84 Å². The molecule has 1 aromatic rings. The van der Waals surface area contributed by atoms with Crippen molar-refractivity contribution in [1.82, 2.24) is 5.48 Å². The van der Waals surface area contributed by atoms with Crippen LogP contribution in [0, 0.1) is 0 Å². The highest BCUT2D eigenvalue weighted by Crippen LogP contribution is 2.05. The Labute approximate surface area is 84.4 Å². The van der Waals surface area contributed by atoms with Gasteiger partial charge in [0.15, 0.2) is 0 Å². The van der Waals surface area contributed by atoms with Gasteiger partial charge in [0.05, 0.1) is 11.1 Å². The molecule has 0 aromatic heterocycles. The number of carbonyl (C=O) groups excluding carboxylic acids is 2. The third-order valence-electron chi connectivity index (χ3n) is 1.57. The van der Waals surface area contributed by atoms with E-state index in [1.54, 1.807) is 5.48 Å². The molecule has 78 valence electrons. The van der Waals surface area contributed by atoms with Gasteiger partial charge >= 0.3 is 11.9 Å². The number of aromatic carboxylic acids is 1. The van der Waals surface area contributed by atoms with Gasteiger partial charge in [-0.1, -0.05) is 0 Å². The van der Waals surface area contributed by atoms with Gasteiger partial charge in [0.2, 0.25) is 6.41 Å². The summed E-state index contributed by atoms with van der Waals surface area (Å²) in [5.74, 6) is -1.85. The van der Waals surface area contributed by atoms with E-state index in [0.29, 0.717) is 0 Å². The zero-order chi connectivity index (χ0) is 11.3. The number of carboxylic acids is 1. The number of benzene rings is 1. The maximum Gasteiger partial charge on any atom is 0.362 e. The first-order valence-electron chi connectivity index (χ1n) is 3.89. The second kappa shape index (κ2) is 4.75. The Balaban J connectivity index is 2.75. The fourth-order valence-electron chi connectivity index (χ4n) is 0.885. The molecule has 0 radical (unpaired) electrons. The Kier molecular flexibility index (Phi) is 3.39. The molecule has 2 N–H and O–H groups in total. The third-order valence-corrected chi connectivity index (χ3v) is 1.57. The van der Waals surface area contributed by atoms with Gasteiger partial charge in [-0.2, -0.15) is 5.48 Å². The molecular formula is C9H7NO5. The van der Waals surface area contributed by atoms with Crippen molar-refractivity contribution >= 4 is 18.3 Å². The number of rotatable bonds is 4. The lowest BCUT2D eigenvalue weighted by atomic mass is 10.1. The first kappa shape index (κ1) is 10.7. The Morgan fingerprint density at radius 3 is 2.20 bits per heavy atom. The third kappa shape index (κ3) is 2.80. The van der Waals surface area contributed by atoms with E-state index >= 15 is 0 Å². The number of hydroxylamine groups is 1. The van der Waals surface area contributed by atoms with Gasteiger partial charge < -0.3 is 9.94 Å². The molecule has 6 nitrogen and oxygen atoms in total. The van der Waals surface area contributed by atoms with E-state index in [1.807, 2.05) is 0 Å². The van der Waals surface area contributed by atoms with Crippen LogP contribution < -0.4 is 5.48 Å². The average Bonchev–Trinajstić information content (AvgIpc) is 2.26. The molecule has 0 fully saturated rings. The summed E-state index contributed by atoms with van der Waals surface area (Å²) in [6, 6.07) is 5.11. The van der Waals surface area contributed by atoms with Crippen LogP contribution in [0.3, 0.4) is 0 Å². The zero-order valence-corrected chi connectivity index (χ0v) is 7.47. The molecule has 1 amide bonds. The molecular weight excluding hydrogens is 202 g/mol. The summed E-state index contributed by atoms with van der Waals surface area (Å²) in [5, 5.41) is 8.58. The minimum atomic E-state index is -1.08. The zero-order valence-electron chi connectivity index (χ0n) is 7.47. The molecule has 0 saturated heterocycles. The summed E-state index contributed by atoms with van der Waals surface area (Å²) < 4.78 is 0. The normalized spacial score (nSPS) is 9.07. The van der Waals surface area contributed by atoms with Crippen molar-refractivity contribution in [2.75, 3.05) is 0 Å². The fraction of sp³-hybridized carbons (Fsp3) is 0. The maximum atomic E-state index is 11.1. The minimum absolute atomic E-state index is 0.0647. The van der Waals surface area contributed by atoms with Crippen LogP contribution in [0.2, 0.25) is 0 Å². The maximum absolute atomic E-state index is 11.1. The Hall–Kier alpha value is -2.37. The Morgan fingerprint density at radius 1 is 1.20 bits per heavy atom. The molecule has 0 heterocycles. The molecule has 0 aliphatic heterocycles. The predicted octanol–water partition coefficient (Wildman–Crippen LogP) is 0.203. The molecule has 0 aliphatic carbocycles. The molecule has 0 unspecified atom stereocenters. The topological polar surface area (TPSA) is 92.7 Å². The molecule has 0 bridgehead atoms. The molecule has 1 rings (SSSR count). The van der Waals surface area contributed by atoms with Gasteiger partial charge in [-0.25, -0.2) is 9.59 Å². The van der Waals surface area contributed by atoms with E-state index in [4.69, 9.17) is 5.11 Å². The van der Waals surface area contributed by atoms with Crippen molar-refractivity contribution in [2.45, 2.75) is 0 Å². The summed E-state index contributed by atoms with van der Waals surface area (Å²) in [7, 11) is 0. The van der Waals surface area contributed by atoms with E-state index < -0.39 is 11.9 Å². The van der Waals surface area contributed by atoms with Crippen molar-refractivity contribution in [3.63, 3.8) is 0 Å². The largest absolute Gasteiger partial charge is 0.478 e. The van der Waals surface area contributed by atoms with E-state index in [1.165, 1.54) is 24.3 Å². The summed E-state index contributed by atoms with van der Waals surface area (Å²) in [6.07, 6.45) is 0.212. The SMILES string of the molecule is O=CNOC(=O)c1ccc(C(=O)O)cc1. The second-order valence-corrected chi connectivity index (χ2v) is 2.51. The number of hydrogen-bond acceptors (Lipinski definition) is 4. The van der Waals surface area contributed by atoms with Crippen molar-refractivity contribution < 1.29 is 24.3 Å². The smallest absolute Gasteiger partial charge is 0.362 e. The molecule has 0 atom stereocenters. The van der Waals surface area contributed by atoms with Crippen LogP contribution >= 0.6 is 0 Å². The van der Waals surface area contributed by atoms with Gasteiger partial charge in [-0.05, 0) is 24.3 Å². The van der Waals surface area contributed by atoms with Gasteiger partial charge in [-0.15, -0.1) is 0 Å². The fourth-order valence-corrected chi connectivity index (χ4v) is 0.885. The number of carbonyl (C=O) groups is 3. The molecule has 0 spiro atoms. The van der Waals surface area contributed by atoms with Gasteiger partial charge in [-0.3, -0.25) is 4.79 Å². The Bertz CT molecular complexity index is 384. The lowest BCUT2D eigenvalue weighted by molar-refractivity contribution is -0.117. The predicted molar refractivity (Wildman–Crippen MR) is 48.0 cm³/mol. The molecule has 0 saturated carbocycles. The highest BCUT2D eigenvalue weighted by molar-refractivity contribution is 5.92. The van der Waals surface area contributed by atoms with E-state index in [0.717, 1.165) is 0 Å². The van der Waals surface area contributed by atoms with Crippen LogP contribution in [0.15, 0.2) is 24.3 Å². The number of carboxylic acid groups (broad SMARTS) is 1. The Morgan fingerprint density at radius 2 is 1.73 bits per heavy atom. The quantitative estimate of drug-likeness (QED) is 0.546. The van der Waals surface area contributed by atoms with Gasteiger partial charge in [0, 0.05) is 0 Å². The minimum Gasteiger partial charge on any atom is -0.478 e. The highest BCUT2D eigenvalue weighted by Gasteiger charge is 2.08. The average molecular weight is 209 g/mol. The monoisotopic (exact) mass is 209 g/mol. The first-order chi connectivity index (χ1) is 7.15. The molecule has 1 aromatic carbocycles. The van der Waals surface area contributed by atoms with Gasteiger partial charge in [0.1, 0.15) is 0 Å². The van der Waals surface area contributed by atoms with E-state index in [9.17, 15) is 14.4 Å². The van der Waals surface area contributed by atoms with Crippen LogP contribution in [0.4, 0.5) is 0 Å². The van der Waals surface area contributed by atoms with Crippen molar-refractivity contribution in [2.24, 2.45) is 0 Å². The number of hydrogen-bond donors (Lipinski definition) is 2. The van der Waals surface area contributed by atoms with E-state index in [-0.39, 0.29) is 17.5 Å². The standard InChI is InChI=1S/C9H7NO5/c11-5-10-15-9(14)7-3-1-6(2-4-7)8(12)13/h1-5H,(H,10,11)(H,12,13). The van der Waals surface area contributed by atoms with Crippen LogP contribution in [0.5, 0.6) is 0 Å². The first-order valence-corrected chi connectivity index (χ1v) is 3.89. The second-order valence-electron chi connectivity index (χ2n) is 2.51. The van der Waals surface area contributed by atoms with Crippen molar-refractivity contribution in [3.8, 4) is 0 Å². The van der Waals surface area contributed by atoms with Gasteiger partial charge in [0.25, 0.3) is 0 Å². The summed E-state index contributed by atoms with van der Waals surface area (Å²) in [4.78, 5) is 35.7. The lowest BCUT2D eigenvalue weighted by Gasteiger charge is -2.00. The van der Waals surface area contributed by atoms with Crippen molar-refractivity contribution in [1.29, 1.82) is 0 Å². The summed E-state index contributed by atoms with van der Waals surface area (Å²) in [6.45, 7) is 0. The summed E-state index contributed by atoms with van der Waals surface area (Å²) in [5.41, 5.74) is 1.95. The molecule has 0 aliphatic rings. The molecule has 15 heavy (non-hydrogen) atoms. The number of amides is 1.